The van der Waals surface area contributed by atoms with Crippen LogP contribution in [0.1, 0.15) is 11.1 Å². The predicted molar refractivity (Wildman–Crippen MR) is 121 cm³/mol. The van der Waals surface area contributed by atoms with Gasteiger partial charge < -0.3 is 10.1 Å². The number of hydrogen-bond acceptors (Lipinski definition) is 4. The maximum absolute atomic E-state index is 12.0. The van der Waals surface area contributed by atoms with Gasteiger partial charge in [-0.1, -0.05) is 63.9 Å². The summed E-state index contributed by atoms with van der Waals surface area (Å²) in [5.41, 5.74) is 4.20. The van der Waals surface area contributed by atoms with Crippen molar-refractivity contribution in [3.05, 3.63) is 93.4 Å². The van der Waals surface area contributed by atoms with Gasteiger partial charge >= 0.3 is 11.8 Å². The highest BCUT2D eigenvalue weighted by molar-refractivity contribution is 9.10. The standard InChI is InChI=1S/C22H17BrClN3O3/c23-17-11-9-15(10-12-17)14-30-20-8-4-1-5-16(20)13-25-27-22(29)21(28)26-19-7-3-2-6-18(19)24/h1-13H,14H2,(H,26,28)(H,27,29)/b25-13-. The quantitative estimate of drug-likeness (QED) is 0.299. The van der Waals surface area contributed by atoms with E-state index in [2.05, 4.69) is 31.8 Å². The van der Waals surface area contributed by atoms with Crippen LogP contribution in [0.2, 0.25) is 5.02 Å². The van der Waals surface area contributed by atoms with Gasteiger partial charge in [-0.2, -0.15) is 5.10 Å². The van der Waals surface area contributed by atoms with Gasteiger partial charge in [0.05, 0.1) is 16.9 Å². The van der Waals surface area contributed by atoms with Crippen molar-refractivity contribution < 1.29 is 14.3 Å². The Kier molecular flexibility index (Phi) is 7.59. The molecule has 6 nitrogen and oxygen atoms in total. The first kappa shape index (κ1) is 21.5. The van der Waals surface area contributed by atoms with Crippen LogP contribution in [-0.2, 0) is 16.2 Å². The van der Waals surface area contributed by atoms with Crippen LogP contribution < -0.4 is 15.5 Å². The van der Waals surface area contributed by atoms with Crippen molar-refractivity contribution in [2.75, 3.05) is 5.32 Å². The van der Waals surface area contributed by atoms with Crippen LogP contribution in [0, 0.1) is 0 Å². The molecule has 0 fully saturated rings. The van der Waals surface area contributed by atoms with Gasteiger partial charge in [0.15, 0.2) is 0 Å². The van der Waals surface area contributed by atoms with Crippen LogP contribution in [0.4, 0.5) is 5.69 Å². The van der Waals surface area contributed by atoms with E-state index in [1.54, 1.807) is 36.4 Å². The Morgan fingerprint density at radius 3 is 2.43 bits per heavy atom. The number of hydrogen-bond donors (Lipinski definition) is 2. The lowest BCUT2D eigenvalue weighted by molar-refractivity contribution is -0.136. The predicted octanol–water partition coefficient (Wildman–Crippen LogP) is 4.77. The number of ether oxygens (including phenoxy) is 1. The maximum Gasteiger partial charge on any atom is 0.329 e. The Bertz CT molecular complexity index is 1070. The summed E-state index contributed by atoms with van der Waals surface area (Å²) in [6, 6.07) is 21.7. The molecule has 8 heteroatoms. The largest absolute Gasteiger partial charge is 0.488 e. The first-order chi connectivity index (χ1) is 14.5. The van der Waals surface area contributed by atoms with Crippen molar-refractivity contribution >= 4 is 51.2 Å². The van der Waals surface area contributed by atoms with Gasteiger partial charge in [-0.05, 0) is 42.0 Å². The number of amides is 2. The van der Waals surface area contributed by atoms with Crippen LogP contribution in [0.15, 0.2) is 82.4 Å². The normalized spacial score (nSPS) is 10.6. The molecule has 0 radical (unpaired) electrons. The fraction of sp³-hybridized carbons (Fsp3) is 0.0455. The van der Waals surface area contributed by atoms with Gasteiger partial charge in [0.25, 0.3) is 0 Å². The molecule has 0 aliphatic rings. The molecule has 0 heterocycles. The third kappa shape index (κ3) is 6.17. The van der Waals surface area contributed by atoms with Crippen molar-refractivity contribution in [2.45, 2.75) is 6.61 Å². The molecule has 0 aliphatic heterocycles. The van der Waals surface area contributed by atoms with Crippen LogP contribution in [0.3, 0.4) is 0 Å². The number of halogens is 2. The summed E-state index contributed by atoms with van der Waals surface area (Å²) in [6.45, 7) is 0.380. The summed E-state index contributed by atoms with van der Waals surface area (Å²) in [7, 11) is 0. The molecule has 0 unspecified atom stereocenters. The van der Waals surface area contributed by atoms with Gasteiger partial charge in [-0.3, -0.25) is 9.59 Å². The van der Waals surface area contributed by atoms with Crippen molar-refractivity contribution in [1.82, 2.24) is 5.43 Å². The first-order valence-electron chi connectivity index (χ1n) is 8.88. The van der Waals surface area contributed by atoms with Gasteiger partial charge in [0.2, 0.25) is 0 Å². The fourth-order valence-electron chi connectivity index (χ4n) is 2.41. The number of carbonyl (C=O) groups is 2. The van der Waals surface area contributed by atoms with E-state index in [1.807, 2.05) is 36.4 Å². The molecule has 3 aromatic rings. The number of para-hydroxylation sites is 2. The third-order valence-corrected chi connectivity index (χ3v) is 4.78. The molecule has 0 spiro atoms. The van der Waals surface area contributed by atoms with E-state index < -0.39 is 11.8 Å². The zero-order chi connectivity index (χ0) is 21.3. The van der Waals surface area contributed by atoms with Crippen molar-refractivity contribution in [1.29, 1.82) is 0 Å². The summed E-state index contributed by atoms with van der Waals surface area (Å²) in [6.07, 6.45) is 1.41. The molecular weight excluding hydrogens is 470 g/mol. The molecule has 152 valence electrons. The van der Waals surface area contributed by atoms with Gasteiger partial charge in [-0.25, -0.2) is 5.43 Å². The van der Waals surface area contributed by atoms with E-state index in [4.69, 9.17) is 16.3 Å². The highest BCUT2D eigenvalue weighted by atomic mass is 79.9. The molecule has 0 saturated carbocycles. The second kappa shape index (κ2) is 10.6. The Morgan fingerprint density at radius 1 is 0.967 bits per heavy atom. The highest BCUT2D eigenvalue weighted by Gasteiger charge is 2.14. The number of nitrogens with one attached hydrogen (secondary N) is 2. The molecule has 0 saturated heterocycles. The summed E-state index contributed by atoms with van der Waals surface area (Å²) in [4.78, 5) is 23.9. The van der Waals surface area contributed by atoms with Crippen molar-refractivity contribution in [2.24, 2.45) is 5.10 Å². The smallest absolute Gasteiger partial charge is 0.329 e. The SMILES string of the molecule is O=C(N/N=C\c1ccccc1OCc1ccc(Br)cc1)C(=O)Nc1ccccc1Cl. The average Bonchev–Trinajstić information content (AvgIpc) is 2.75. The summed E-state index contributed by atoms with van der Waals surface area (Å²) in [5, 5.41) is 6.61. The van der Waals surface area contributed by atoms with Crippen LogP contribution >= 0.6 is 27.5 Å². The Labute approximate surface area is 187 Å². The fourth-order valence-corrected chi connectivity index (χ4v) is 2.86. The lowest BCUT2D eigenvalue weighted by atomic mass is 10.2. The van der Waals surface area contributed by atoms with E-state index in [0.717, 1.165) is 10.0 Å². The number of nitrogens with zero attached hydrogens (tertiary/aromatic N) is 1. The number of benzene rings is 3. The van der Waals surface area contributed by atoms with E-state index >= 15 is 0 Å². The lowest BCUT2D eigenvalue weighted by Gasteiger charge is -2.09. The Balaban J connectivity index is 1.58. The Hall–Kier alpha value is -3.16. The molecule has 0 bridgehead atoms. The van der Waals surface area contributed by atoms with Gasteiger partial charge in [0, 0.05) is 10.0 Å². The lowest BCUT2D eigenvalue weighted by Crippen LogP contribution is -2.32. The molecule has 2 amide bonds. The molecule has 0 aliphatic carbocycles. The summed E-state index contributed by atoms with van der Waals surface area (Å²) < 4.78 is 6.84. The molecule has 0 atom stereocenters. The van der Waals surface area contributed by atoms with Gasteiger partial charge in [-0.15, -0.1) is 0 Å². The second-order valence-corrected chi connectivity index (χ2v) is 7.41. The minimum atomic E-state index is -0.917. The zero-order valence-corrected chi connectivity index (χ0v) is 18.0. The molecule has 0 aromatic heterocycles. The third-order valence-electron chi connectivity index (χ3n) is 3.92. The number of anilines is 1. The summed E-state index contributed by atoms with van der Waals surface area (Å²) >= 11 is 9.36. The van der Waals surface area contributed by atoms with E-state index in [1.165, 1.54) is 6.21 Å². The van der Waals surface area contributed by atoms with E-state index in [9.17, 15) is 9.59 Å². The van der Waals surface area contributed by atoms with Crippen molar-refractivity contribution in [3.63, 3.8) is 0 Å². The molecule has 30 heavy (non-hydrogen) atoms. The number of carbonyl (C=O) groups excluding carboxylic acids is 2. The number of rotatable bonds is 6. The highest BCUT2D eigenvalue weighted by Crippen LogP contribution is 2.20. The summed E-state index contributed by atoms with van der Waals surface area (Å²) in [5.74, 6) is -1.20. The second-order valence-electron chi connectivity index (χ2n) is 6.09. The van der Waals surface area contributed by atoms with E-state index in [-0.39, 0.29) is 0 Å². The van der Waals surface area contributed by atoms with E-state index in [0.29, 0.717) is 28.6 Å². The molecule has 3 aromatic carbocycles. The molecular formula is C22H17BrClN3O3. The number of hydrazone groups is 1. The van der Waals surface area contributed by atoms with Crippen molar-refractivity contribution in [3.8, 4) is 5.75 Å². The van der Waals surface area contributed by atoms with Crippen LogP contribution in [-0.4, -0.2) is 18.0 Å². The molecule has 3 rings (SSSR count). The van der Waals surface area contributed by atoms with Crippen LogP contribution in [0.25, 0.3) is 0 Å². The molecule has 2 N–H and O–H groups in total. The minimum absolute atomic E-state index is 0.332. The maximum atomic E-state index is 12.0. The average molecular weight is 487 g/mol. The first-order valence-corrected chi connectivity index (χ1v) is 10.1. The van der Waals surface area contributed by atoms with Gasteiger partial charge in [0.1, 0.15) is 12.4 Å². The Morgan fingerprint density at radius 2 is 1.67 bits per heavy atom. The monoisotopic (exact) mass is 485 g/mol. The van der Waals surface area contributed by atoms with Crippen LogP contribution in [0.5, 0.6) is 5.75 Å². The topological polar surface area (TPSA) is 79.8 Å². The zero-order valence-electron chi connectivity index (χ0n) is 15.6. The minimum Gasteiger partial charge on any atom is -0.488 e.